The van der Waals surface area contributed by atoms with Crippen molar-refractivity contribution in [3.8, 4) is 0 Å². The maximum atomic E-state index is 8.50. The fraction of sp³-hybridized carbons (Fsp3) is 1.00. The lowest BCUT2D eigenvalue weighted by Gasteiger charge is -2.31. The van der Waals surface area contributed by atoms with E-state index in [1.807, 2.05) is 0 Å². The molecule has 3 nitrogen and oxygen atoms in total. The summed E-state index contributed by atoms with van der Waals surface area (Å²) in [7, 11) is 0. The van der Waals surface area contributed by atoms with Crippen molar-refractivity contribution in [3.05, 3.63) is 0 Å². The van der Waals surface area contributed by atoms with Gasteiger partial charge in [0.15, 0.2) is 0 Å². The molecule has 0 spiro atoms. The minimum absolute atomic E-state index is 0.215. The van der Waals surface area contributed by atoms with Crippen LogP contribution in [-0.4, -0.2) is 17.8 Å². The number of hydrogen-bond acceptors (Lipinski definition) is 3. The van der Waals surface area contributed by atoms with Crippen LogP contribution in [0.1, 0.15) is 12.8 Å². The van der Waals surface area contributed by atoms with Crippen molar-refractivity contribution in [2.24, 2.45) is 11.8 Å². The van der Waals surface area contributed by atoms with Crippen LogP contribution in [0.15, 0.2) is 0 Å². The standard InChI is InChI=1S/C5H11NO2/c6-8-5-1-4(2-5)3-7/h4-5,7H,1-3,6H2. The van der Waals surface area contributed by atoms with Crippen LogP contribution in [0.3, 0.4) is 0 Å². The van der Waals surface area contributed by atoms with Gasteiger partial charge in [-0.05, 0) is 18.8 Å². The van der Waals surface area contributed by atoms with Gasteiger partial charge in [0.05, 0.1) is 6.10 Å². The number of aliphatic hydroxyl groups is 1. The molecular formula is C5H11NO2. The second-order valence-electron chi connectivity index (χ2n) is 2.28. The maximum absolute atomic E-state index is 8.50. The van der Waals surface area contributed by atoms with Gasteiger partial charge in [-0.3, -0.25) is 0 Å². The normalized spacial score (nSPS) is 36.8. The minimum atomic E-state index is 0.215. The Balaban J connectivity index is 2.03. The van der Waals surface area contributed by atoms with Crippen LogP contribution in [0.4, 0.5) is 0 Å². The van der Waals surface area contributed by atoms with Crippen LogP contribution in [0.2, 0.25) is 0 Å². The summed E-state index contributed by atoms with van der Waals surface area (Å²) in [4.78, 5) is 4.51. The zero-order valence-corrected chi connectivity index (χ0v) is 4.71. The molecule has 1 rings (SSSR count). The maximum Gasteiger partial charge on any atom is 0.0794 e. The molecule has 0 aromatic rings. The van der Waals surface area contributed by atoms with E-state index in [0.717, 1.165) is 12.8 Å². The van der Waals surface area contributed by atoms with Crippen LogP contribution < -0.4 is 5.90 Å². The first kappa shape index (κ1) is 6.01. The average molecular weight is 117 g/mol. The Hall–Kier alpha value is -0.120. The average Bonchev–Trinajstić information content (AvgIpc) is 1.65. The molecule has 0 heterocycles. The van der Waals surface area contributed by atoms with Gasteiger partial charge in [-0.2, -0.15) is 0 Å². The number of aliphatic hydroxyl groups excluding tert-OH is 1. The van der Waals surface area contributed by atoms with Crippen LogP contribution in [0, 0.1) is 5.92 Å². The molecule has 0 radical (unpaired) electrons. The third-order valence-corrected chi connectivity index (χ3v) is 1.64. The second-order valence-corrected chi connectivity index (χ2v) is 2.28. The monoisotopic (exact) mass is 117 g/mol. The van der Waals surface area contributed by atoms with Gasteiger partial charge in [0.2, 0.25) is 0 Å². The number of nitrogens with two attached hydrogens (primary N) is 1. The molecule has 0 saturated heterocycles. The fourth-order valence-electron chi connectivity index (χ4n) is 0.935. The summed E-state index contributed by atoms with van der Waals surface area (Å²) >= 11 is 0. The van der Waals surface area contributed by atoms with Crippen LogP contribution >= 0.6 is 0 Å². The van der Waals surface area contributed by atoms with Gasteiger partial charge in [-0.15, -0.1) is 0 Å². The first-order chi connectivity index (χ1) is 3.86. The minimum Gasteiger partial charge on any atom is -0.396 e. The molecule has 0 amide bonds. The molecule has 0 atom stereocenters. The molecule has 1 aliphatic carbocycles. The molecular weight excluding hydrogens is 106 g/mol. The lowest BCUT2D eigenvalue weighted by Crippen LogP contribution is -2.35. The Labute approximate surface area is 48.4 Å². The van der Waals surface area contributed by atoms with Gasteiger partial charge in [-0.25, -0.2) is 5.90 Å². The second kappa shape index (κ2) is 2.44. The van der Waals surface area contributed by atoms with Gasteiger partial charge in [-0.1, -0.05) is 0 Å². The highest BCUT2D eigenvalue weighted by Crippen LogP contribution is 2.27. The lowest BCUT2D eigenvalue weighted by atomic mass is 9.83. The Morgan fingerprint density at radius 1 is 1.62 bits per heavy atom. The predicted octanol–water partition coefficient (Wildman–Crippen LogP) is -0.352. The van der Waals surface area contributed by atoms with E-state index in [0.29, 0.717) is 5.92 Å². The summed E-state index contributed by atoms with van der Waals surface area (Å²) in [6.07, 6.45) is 2.06. The van der Waals surface area contributed by atoms with Crippen molar-refractivity contribution in [3.63, 3.8) is 0 Å². The Bertz CT molecular complexity index is 62.8. The van der Waals surface area contributed by atoms with Crippen molar-refractivity contribution in [2.75, 3.05) is 6.61 Å². The van der Waals surface area contributed by atoms with E-state index in [1.165, 1.54) is 0 Å². The van der Waals surface area contributed by atoms with Crippen LogP contribution in [0.5, 0.6) is 0 Å². The van der Waals surface area contributed by atoms with E-state index in [1.54, 1.807) is 0 Å². The summed E-state index contributed by atoms with van der Waals surface area (Å²) in [5.41, 5.74) is 0. The molecule has 8 heavy (non-hydrogen) atoms. The highest BCUT2D eigenvalue weighted by atomic mass is 16.6. The molecule has 48 valence electrons. The molecule has 1 aliphatic rings. The zero-order valence-electron chi connectivity index (χ0n) is 4.71. The number of rotatable bonds is 2. The first-order valence-electron chi connectivity index (χ1n) is 2.83. The third-order valence-electron chi connectivity index (χ3n) is 1.64. The van der Waals surface area contributed by atoms with Gasteiger partial charge in [0, 0.05) is 6.61 Å². The summed E-state index contributed by atoms with van der Waals surface area (Å²) < 4.78 is 0. The fourth-order valence-corrected chi connectivity index (χ4v) is 0.935. The summed E-state index contributed by atoms with van der Waals surface area (Å²) in [6.45, 7) is 0.278. The largest absolute Gasteiger partial charge is 0.396 e. The molecule has 3 N–H and O–H groups in total. The van der Waals surface area contributed by atoms with Crippen LogP contribution in [-0.2, 0) is 4.84 Å². The van der Waals surface area contributed by atoms with Crippen molar-refractivity contribution < 1.29 is 9.94 Å². The van der Waals surface area contributed by atoms with E-state index in [4.69, 9.17) is 11.0 Å². The van der Waals surface area contributed by atoms with Gasteiger partial charge in [0.1, 0.15) is 0 Å². The lowest BCUT2D eigenvalue weighted by molar-refractivity contribution is -0.0463. The topological polar surface area (TPSA) is 55.5 Å². The Kier molecular flexibility index (Phi) is 1.83. The van der Waals surface area contributed by atoms with Crippen molar-refractivity contribution >= 4 is 0 Å². The van der Waals surface area contributed by atoms with E-state index >= 15 is 0 Å². The Morgan fingerprint density at radius 2 is 2.25 bits per heavy atom. The van der Waals surface area contributed by atoms with E-state index in [9.17, 15) is 0 Å². The van der Waals surface area contributed by atoms with E-state index in [2.05, 4.69) is 4.84 Å². The van der Waals surface area contributed by atoms with Crippen molar-refractivity contribution in [1.82, 2.24) is 0 Å². The predicted molar refractivity (Wildman–Crippen MR) is 28.9 cm³/mol. The molecule has 1 saturated carbocycles. The molecule has 0 unspecified atom stereocenters. The first-order valence-corrected chi connectivity index (χ1v) is 2.83. The van der Waals surface area contributed by atoms with E-state index < -0.39 is 0 Å². The smallest absolute Gasteiger partial charge is 0.0794 e. The third kappa shape index (κ3) is 0.992. The molecule has 0 bridgehead atoms. The molecule has 0 aromatic carbocycles. The SMILES string of the molecule is NOC1CC(CO)C1. The molecule has 0 aliphatic heterocycles. The molecule has 3 heteroatoms. The molecule has 1 fully saturated rings. The molecule has 0 aromatic heterocycles. The van der Waals surface area contributed by atoms with Crippen molar-refractivity contribution in [1.29, 1.82) is 0 Å². The van der Waals surface area contributed by atoms with Crippen molar-refractivity contribution in [2.45, 2.75) is 18.9 Å². The van der Waals surface area contributed by atoms with Gasteiger partial charge >= 0.3 is 0 Å². The quantitative estimate of drug-likeness (QED) is 0.486. The summed E-state index contributed by atoms with van der Waals surface area (Å²) in [6, 6.07) is 0. The number of hydrogen-bond donors (Lipinski definition) is 2. The van der Waals surface area contributed by atoms with Gasteiger partial charge in [0.25, 0.3) is 0 Å². The highest BCUT2D eigenvalue weighted by molar-refractivity contribution is 4.78. The Morgan fingerprint density at radius 3 is 2.62 bits per heavy atom. The summed E-state index contributed by atoms with van der Waals surface area (Å²) in [5.74, 6) is 5.32. The summed E-state index contributed by atoms with van der Waals surface area (Å²) in [5, 5.41) is 8.50. The van der Waals surface area contributed by atoms with Crippen LogP contribution in [0.25, 0.3) is 0 Å². The zero-order chi connectivity index (χ0) is 5.98. The highest BCUT2D eigenvalue weighted by Gasteiger charge is 2.28. The van der Waals surface area contributed by atoms with E-state index in [-0.39, 0.29) is 12.7 Å². The van der Waals surface area contributed by atoms with Gasteiger partial charge < -0.3 is 9.94 Å².